The number of rotatable bonds is 5. The molecule has 1 aromatic heterocycles. The highest BCUT2D eigenvalue weighted by Gasteiger charge is 2.44. The number of nitrogens with zero attached hydrogens (tertiary/aromatic N) is 1. The molecule has 0 spiro atoms. The summed E-state index contributed by atoms with van der Waals surface area (Å²) in [6.07, 6.45) is 3.55. The van der Waals surface area contributed by atoms with Crippen molar-refractivity contribution >= 4 is 17.7 Å². The number of hydrogen-bond acceptors (Lipinski definition) is 3. The molecule has 0 saturated heterocycles. The van der Waals surface area contributed by atoms with Gasteiger partial charge in [-0.05, 0) is 30.4 Å². The zero-order valence-corrected chi connectivity index (χ0v) is 9.47. The van der Waals surface area contributed by atoms with Crippen LogP contribution in [0.5, 0.6) is 0 Å². The van der Waals surface area contributed by atoms with Gasteiger partial charge in [-0.15, -0.1) is 11.8 Å². The van der Waals surface area contributed by atoms with Crippen LogP contribution in [0.4, 0.5) is 4.39 Å². The van der Waals surface area contributed by atoms with E-state index >= 15 is 0 Å². The first-order valence-corrected chi connectivity index (χ1v) is 6.05. The minimum Gasteiger partial charge on any atom is -0.481 e. The number of carboxylic acids is 1. The van der Waals surface area contributed by atoms with Gasteiger partial charge in [0.2, 0.25) is 0 Å². The molecule has 1 saturated carbocycles. The molecule has 5 heteroatoms. The van der Waals surface area contributed by atoms with Crippen LogP contribution in [0.25, 0.3) is 0 Å². The number of thioether (sulfide) groups is 1. The van der Waals surface area contributed by atoms with Crippen molar-refractivity contribution in [3.05, 3.63) is 24.1 Å². The van der Waals surface area contributed by atoms with Crippen LogP contribution in [-0.2, 0) is 4.79 Å². The second kappa shape index (κ2) is 4.41. The number of carboxylic acid groups (broad SMARTS) is 1. The Morgan fingerprint density at radius 1 is 1.62 bits per heavy atom. The van der Waals surface area contributed by atoms with Crippen LogP contribution >= 0.6 is 11.8 Å². The highest BCUT2D eigenvalue weighted by molar-refractivity contribution is 7.99. The Bertz CT molecular complexity index is 407. The van der Waals surface area contributed by atoms with Gasteiger partial charge in [0, 0.05) is 11.9 Å². The molecule has 2 rings (SSSR count). The molecule has 1 aliphatic carbocycles. The Kier molecular flexibility index (Phi) is 3.14. The van der Waals surface area contributed by atoms with Gasteiger partial charge in [-0.3, -0.25) is 4.79 Å². The largest absolute Gasteiger partial charge is 0.481 e. The predicted molar refractivity (Wildman–Crippen MR) is 58.8 cm³/mol. The normalized spacial score (nSPS) is 17.1. The third-order valence-electron chi connectivity index (χ3n) is 2.72. The lowest BCUT2D eigenvalue weighted by molar-refractivity contribution is -0.138. The first-order valence-electron chi connectivity index (χ1n) is 5.06. The van der Waals surface area contributed by atoms with Gasteiger partial charge in [-0.1, -0.05) is 0 Å². The van der Waals surface area contributed by atoms with Gasteiger partial charge in [0.25, 0.3) is 0 Å². The van der Waals surface area contributed by atoms with Gasteiger partial charge in [0.05, 0.1) is 6.42 Å². The molecule has 0 radical (unpaired) electrons. The van der Waals surface area contributed by atoms with Crippen LogP contribution in [-0.4, -0.2) is 21.8 Å². The van der Waals surface area contributed by atoms with Crippen molar-refractivity contribution in [1.29, 1.82) is 0 Å². The number of carbonyl (C=O) groups is 1. The van der Waals surface area contributed by atoms with Gasteiger partial charge in [0.1, 0.15) is 5.03 Å². The maximum absolute atomic E-state index is 13.2. The maximum atomic E-state index is 13.2. The summed E-state index contributed by atoms with van der Waals surface area (Å²) in [4.78, 5) is 14.6. The summed E-state index contributed by atoms with van der Waals surface area (Å²) in [6.45, 7) is 0. The van der Waals surface area contributed by atoms with E-state index in [9.17, 15) is 9.18 Å². The molecule has 1 heterocycles. The fourth-order valence-electron chi connectivity index (χ4n) is 1.57. The zero-order valence-electron chi connectivity index (χ0n) is 8.65. The molecule has 0 aromatic carbocycles. The molecule has 1 N–H and O–H groups in total. The number of pyridine rings is 1. The Labute approximate surface area is 97.1 Å². The van der Waals surface area contributed by atoms with E-state index < -0.39 is 5.97 Å². The minimum absolute atomic E-state index is 0.125. The van der Waals surface area contributed by atoms with E-state index in [1.54, 1.807) is 12.3 Å². The maximum Gasteiger partial charge on any atom is 0.303 e. The van der Waals surface area contributed by atoms with Crippen LogP contribution in [0.3, 0.4) is 0 Å². The van der Waals surface area contributed by atoms with Crippen LogP contribution in [0.15, 0.2) is 23.4 Å². The smallest absolute Gasteiger partial charge is 0.303 e. The van der Waals surface area contributed by atoms with Gasteiger partial charge in [0.15, 0.2) is 5.82 Å². The summed E-state index contributed by atoms with van der Waals surface area (Å²) in [5, 5.41) is 9.10. The highest BCUT2D eigenvalue weighted by atomic mass is 32.2. The summed E-state index contributed by atoms with van der Waals surface area (Å²) in [6, 6.07) is 2.91. The lowest BCUT2D eigenvalue weighted by Gasteiger charge is -2.11. The summed E-state index contributed by atoms with van der Waals surface area (Å²) < 4.78 is 13.2. The molecule has 0 aliphatic heterocycles. The molecular formula is C11H12FNO2S. The SMILES string of the molecule is O=C(O)CC1(CSc2ncccc2F)CC1. The summed E-state index contributed by atoms with van der Waals surface area (Å²) in [7, 11) is 0. The average Bonchev–Trinajstić information content (AvgIpc) is 2.96. The van der Waals surface area contributed by atoms with Crippen LogP contribution in [0.1, 0.15) is 19.3 Å². The topological polar surface area (TPSA) is 50.2 Å². The number of halogens is 1. The lowest BCUT2D eigenvalue weighted by Crippen LogP contribution is -2.11. The average molecular weight is 241 g/mol. The van der Waals surface area contributed by atoms with Crippen molar-refractivity contribution < 1.29 is 14.3 Å². The molecule has 86 valence electrons. The molecule has 16 heavy (non-hydrogen) atoms. The van der Waals surface area contributed by atoms with Gasteiger partial charge in [-0.2, -0.15) is 0 Å². The van der Waals surface area contributed by atoms with Crippen molar-refractivity contribution in [3.8, 4) is 0 Å². The summed E-state index contributed by atoms with van der Waals surface area (Å²) >= 11 is 1.31. The van der Waals surface area contributed by atoms with Crippen LogP contribution in [0, 0.1) is 11.2 Å². The Morgan fingerprint density at radius 3 is 2.94 bits per heavy atom. The number of hydrogen-bond donors (Lipinski definition) is 1. The van der Waals surface area contributed by atoms with Crippen molar-refractivity contribution in [1.82, 2.24) is 4.98 Å². The minimum atomic E-state index is -0.778. The van der Waals surface area contributed by atoms with E-state index in [0.29, 0.717) is 10.8 Å². The third-order valence-corrected chi connectivity index (χ3v) is 4.05. The fraction of sp³-hybridized carbons (Fsp3) is 0.455. The lowest BCUT2D eigenvalue weighted by atomic mass is 10.1. The van der Waals surface area contributed by atoms with Gasteiger partial charge in [-0.25, -0.2) is 9.37 Å². The molecule has 0 bridgehead atoms. The molecule has 1 aromatic rings. The quantitative estimate of drug-likeness (QED) is 0.805. The highest BCUT2D eigenvalue weighted by Crippen LogP contribution is 2.51. The molecular weight excluding hydrogens is 229 g/mol. The number of aromatic nitrogens is 1. The first-order chi connectivity index (χ1) is 7.61. The first kappa shape index (κ1) is 11.4. The molecule has 1 aliphatic rings. The Balaban J connectivity index is 1.93. The van der Waals surface area contributed by atoms with E-state index in [-0.39, 0.29) is 17.7 Å². The van der Waals surface area contributed by atoms with Crippen molar-refractivity contribution in [3.63, 3.8) is 0 Å². The van der Waals surface area contributed by atoms with Crippen LogP contribution in [0.2, 0.25) is 0 Å². The van der Waals surface area contributed by atoms with Crippen molar-refractivity contribution in [2.75, 3.05) is 5.75 Å². The van der Waals surface area contributed by atoms with Crippen LogP contribution < -0.4 is 0 Å². The molecule has 0 unspecified atom stereocenters. The standard InChI is InChI=1S/C11H12FNO2S/c12-8-2-1-5-13-10(8)16-7-11(3-4-11)6-9(14)15/h1-2,5H,3-4,6-7H2,(H,14,15). The van der Waals surface area contributed by atoms with Gasteiger partial charge < -0.3 is 5.11 Å². The number of aliphatic carboxylic acids is 1. The Hall–Kier alpha value is -1.10. The Morgan fingerprint density at radius 2 is 2.38 bits per heavy atom. The summed E-state index contributed by atoms with van der Waals surface area (Å²) in [5.41, 5.74) is -0.125. The second-order valence-electron chi connectivity index (χ2n) is 4.15. The van der Waals surface area contributed by atoms with E-state index in [0.717, 1.165) is 12.8 Å². The molecule has 3 nitrogen and oxygen atoms in total. The van der Waals surface area contributed by atoms with Crippen molar-refractivity contribution in [2.24, 2.45) is 5.41 Å². The second-order valence-corrected chi connectivity index (χ2v) is 5.11. The molecule has 0 atom stereocenters. The molecule has 0 amide bonds. The van der Waals surface area contributed by atoms with E-state index in [1.165, 1.54) is 17.8 Å². The predicted octanol–water partition coefficient (Wildman–Crippen LogP) is 2.57. The monoisotopic (exact) mass is 241 g/mol. The third kappa shape index (κ3) is 2.72. The van der Waals surface area contributed by atoms with Gasteiger partial charge >= 0.3 is 5.97 Å². The molecule has 1 fully saturated rings. The van der Waals surface area contributed by atoms with E-state index in [4.69, 9.17) is 5.11 Å². The van der Waals surface area contributed by atoms with Crippen molar-refractivity contribution in [2.45, 2.75) is 24.3 Å². The summed E-state index contributed by atoms with van der Waals surface area (Å²) in [5.74, 6) is -0.481. The van der Waals surface area contributed by atoms with E-state index in [1.807, 2.05) is 0 Å². The van der Waals surface area contributed by atoms with E-state index in [2.05, 4.69) is 4.98 Å². The fourth-order valence-corrected chi connectivity index (χ4v) is 2.74. The zero-order chi connectivity index (χ0) is 11.6.